The van der Waals surface area contributed by atoms with Crippen molar-refractivity contribution >= 4 is 29.3 Å². The zero-order chi connectivity index (χ0) is 16.8. The minimum atomic E-state index is -0.414. The molecule has 0 aliphatic rings. The second-order valence-corrected chi connectivity index (χ2v) is 6.03. The Morgan fingerprint density at radius 1 is 1.30 bits per heavy atom. The molecule has 6 heteroatoms. The average Bonchev–Trinajstić information content (AvgIpc) is 2.53. The van der Waals surface area contributed by atoms with Gasteiger partial charge in [-0.3, -0.25) is 0 Å². The smallest absolute Gasteiger partial charge is 0.344 e. The van der Waals surface area contributed by atoms with E-state index in [1.54, 1.807) is 24.8 Å². The number of hydrogen-bond acceptors (Lipinski definition) is 5. The number of aromatic nitrogens is 1. The number of benzene rings is 1. The number of carbonyl (C=O) groups is 1. The van der Waals surface area contributed by atoms with Gasteiger partial charge in [-0.2, -0.15) is 0 Å². The molecular formula is C17H18ClNO3S. The van der Waals surface area contributed by atoms with Crippen molar-refractivity contribution in [3.8, 4) is 17.0 Å². The van der Waals surface area contributed by atoms with Crippen molar-refractivity contribution < 1.29 is 14.3 Å². The maximum absolute atomic E-state index is 11.5. The molecule has 1 aromatic heterocycles. The van der Waals surface area contributed by atoms with E-state index >= 15 is 0 Å². The van der Waals surface area contributed by atoms with Gasteiger partial charge >= 0.3 is 5.97 Å². The molecule has 1 heterocycles. The number of halogens is 1. The van der Waals surface area contributed by atoms with Gasteiger partial charge in [-0.1, -0.05) is 17.7 Å². The van der Waals surface area contributed by atoms with Crippen LogP contribution in [0.3, 0.4) is 0 Å². The Morgan fingerprint density at radius 2 is 2.09 bits per heavy atom. The van der Waals surface area contributed by atoms with Crippen molar-refractivity contribution in [1.82, 2.24) is 4.98 Å². The predicted molar refractivity (Wildman–Crippen MR) is 93.3 cm³/mol. The van der Waals surface area contributed by atoms with Crippen molar-refractivity contribution in [1.29, 1.82) is 0 Å². The molecule has 0 bridgehead atoms. The molecule has 4 nitrogen and oxygen atoms in total. The molecule has 0 saturated heterocycles. The van der Waals surface area contributed by atoms with Gasteiger partial charge in [-0.25, -0.2) is 9.78 Å². The largest absolute Gasteiger partial charge is 0.480 e. The highest BCUT2D eigenvalue weighted by Gasteiger charge is 2.14. The number of rotatable bonds is 6. The standard InChI is InChI=1S/C17H18ClNO3S/c1-4-21-16(20)10-22-15-8-5-11(2)19-17(15)13-7-6-12(23-3)9-14(13)18/h5-9H,4,10H2,1-3H3. The van der Waals surface area contributed by atoms with Crippen molar-refractivity contribution in [3.63, 3.8) is 0 Å². The van der Waals surface area contributed by atoms with Crippen LogP contribution in [0, 0.1) is 6.92 Å². The first-order valence-corrected chi connectivity index (χ1v) is 8.75. The molecule has 0 atom stereocenters. The highest BCUT2D eigenvalue weighted by molar-refractivity contribution is 7.98. The number of carbonyl (C=O) groups excluding carboxylic acids is 1. The van der Waals surface area contributed by atoms with Crippen molar-refractivity contribution in [3.05, 3.63) is 41.0 Å². The van der Waals surface area contributed by atoms with Crippen LogP contribution < -0.4 is 4.74 Å². The molecule has 0 aliphatic carbocycles. The van der Waals surface area contributed by atoms with Crippen molar-refractivity contribution in [2.45, 2.75) is 18.7 Å². The Morgan fingerprint density at radius 3 is 2.74 bits per heavy atom. The first-order chi connectivity index (χ1) is 11.0. The summed E-state index contributed by atoms with van der Waals surface area (Å²) in [6, 6.07) is 9.39. The third-order valence-corrected chi connectivity index (χ3v) is 4.12. The Kier molecular flexibility index (Phi) is 6.30. The van der Waals surface area contributed by atoms with E-state index in [0.29, 0.717) is 23.1 Å². The lowest BCUT2D eigenvalue weighted by atomic mass is 10.1. The summed E-state index contributed by atoms with van der Waals surface area (Å²) in [4.78, 5) is 17.1. The number of nitrogens with zero attached hydrogens (tertiary/aromatic N) is 1. The van der Waals surface area contributed by atoms with Crippen LogP contribution in [0.4, 0.5) is 0 Å². The third kappa shape index (κ3) is 4.62. The summed E-state index contributed by atoms with van der Waals surface area (Å²) >= 11 is 8.00. The summed E-state index contributed by atoms with van der Waals surface area (Å²) in [5.41, 5.74) is 2.23. The summed E-state index contributed by atoms with van der Waals surface area (Å²) in [6.45, 7) is 3.81. The van der Waals surface area contributed by atoms with Crippen LogP contribution in [0.5, 0.6) is 5.75 Å². The monoisotopic (exact) mass is 351 g/mol. The van der Waals surface area contributed by atoms with Crippen LogP contribution >= 0.6 is 23.4 Å². The lowest BCUT2D eigenvalue weighted by Crippen LogP contribution is -2.15. The second-order valence-electron chi connectivity index (χ2n) is 4.74. The molecule has 0 unspecified atom stereocenters. The van der Waals surface area contributed by atoms with E-state index in [0.717, 1.165) is 16.2 Å². The van der Waals surface area contributed by atoms with Gasteiger partial charge in [0.25, 0.3) is 0 Å². The Balaban J connectivity index is 2.33. The number of ether oxygens (including phenoxy) is 2. The van der Waals surface area contributed by atoms with E-state index in [1.165, 1.54) is 0 Å². The van der Waals surface area contributed by atoms with E-state index in [1.807, 2.05) is 37.4 Å². The number of esters is 1. The van der Waals surface area contributed by atoms with Crippen LogP contribution in [0.2, 0.25) is 5.02 Å². The van der Waals surface area contributed by atoms with E-state index in [2.05, 4.69) is 4.98 Å². The average molecular weight is 352 g/mol. The number of hydrogen-bond donors (Lipinski definition) is 0. The first-order valence-electron chi connectivity index (χ1n) is 7.15. The summed E-state index contributed by atoms with van der Waals surface area (Å²) in [7, 11) is 0. The number of thioether (sulfide) groups is 1. The quantitative estimate of drug-likeness (QED) is 0.571. The van der Waals surface area contributed by atoms with E-state index in [4.69, 9.17) is 21.1 Å². The number of aryl methyl sites for hydroxylation is 1. The molecule has 0 fully saturated rings. The SMILES string of the molecule is CCOC(=O)COc1ccc(C)nc1-c1ccc(SC)cc1Cl. The van der Waals surface area contributed by atoms with E-state index in [9.17, 15) is 4.79 Å². The molecular weight excluding hydrogens is 334 g/mol. The Hall–Kier alpha value is -1.72. The van der Waals surface area contributed by atoms with Gasteiger partial charge in [0, 0.05) is 16.2 Å². The molecule has 0 N–H and O–H groups in total. The zero-order valence-corrected chi connectivity index (χ0v) is 14.8. The van der Waals surface area contributed by atoms with Crippen LogP contribution in [0.1, 0.15) is 12.6 Å². The Labute approximate surface area is 145 Å². The lowest BCUT2D eigenvalue weighted by Gasteiger charge is -2.13. The molecule has 2 aromatic rings. The molecule has 23 heavy (non-hydrogen) atoms. The van der Waals surface area contributed by atoms with E-state index < -0.39 is 5.97 Å². The van der Waals surface area contributed by atoms with E-state index in [-0.39, 0.29) is 6.61 Å². The van der Waals surface area contributed by atoms with Crippen LogP contribution in [-0.2, 0) is 9.53 Å². The van der Waals surface area contributed by atoms with Crippen LogP contribution in [0.25, 0.3) is 11.3 Å². The fourth-order valence-electron chi connectivity index (χ4n) is 2.01. The maximum Gasteiger partial charge on any atom is 0.344 e. The normalized spacial score (nSPS) is 10.4. The van der Waals surface area contributed by atoms with Gasteiger partial charge in [0.1, 0.15) is 11.4 Å². The van der Waals surface area contributed by atoms with Gasteiger partial charge in [0.05, 0.1) is 11.6 Å². The lowest BCUT2D eigenvalue weighted by molar-refractivity contribution is -0.145. The molecule has 0 amide bonds. The van der Waals surface area contributed by atoms with Gasteiger partial charge < -0.3 is 9.47 Å². The fraction of sp³-hybridized carbons (Fsp3) is 0.294. The predicted octanol–water partition coefficient (Wildman–Crippen LogP) is 4.37. The number of pyridine rings is 1. The van der Waals surface area contributed by atoms with Crippen LogP contribution in [-0.4, -0.2) is 30.4 Å². The molecule has 0 saturated carbocycles. The van der Waals surface area contributed by atoms with Crippen molar-refractivity contribution in [2.75, 3.05) is 19.5 Å². The van der Waals surface area contributed by atoms with Gasteiger partial charge in [0.15, 0.2) is 6.61 Å². The van der Waals surface area contributed by atoms with Gasteiger partial charge in [0.2, 0.25) is 0 Å². The topological polar surface area (TPSA) is 48.4 Å². The molecule has 0 aliphatic heterocycles. The molecule has 0 spiro atoms. The van der Waals surface area contributed by atoms with Gasteiger partial charge in [-0.15, -0.1) is 11.8 Å². The zero-order valence-electron chi connectivity index (χ0n) is 13.3. The first kappa shape index (κ1) is 17.6. The Bertz CT molecular complexity index is 706. The highest BCUT2D eigenvalue weighted by Crippen LogP contribution is 2.35. The summed E-state index contributed by atoms with van der Waals surface area (Å²) in [5.74, 6) is 0.0882. The van der Waals surface area contributed by atoms with Crippen LogP contribution in [0.15, 0.2) is 35.2 Å². The minimum Gasteiger partial charge on any atom is -0.480 e. The minimum absolute atomic E-state index is 0.161. The summed E-state index contributed by atoms with van der Waals surface area (Å²) < 4.78 is 10.4. The summed E-state index contributed by atoms with van der Waals surface area (Å²) in [6.07, 6.45) is 1.99. The molecule has 0 radical (unpaired) electrons. The third-order valence-electron chi connectivity index (χ3n) is 3.08. The molecule has 1 aromatic carbocycles. The van der Waals surface area contributed by atoms with Crippen molar-refractivity contribution in [2.24, 2.45) is 0 Å². The second kappa shape index (κ2) is 8.22. The summed E-state index contributed by atoms with van der Waals surface area (Å²) in [5, 5.41) is 0.593. The molecule has 2 rings (SSSR count). The highest BCUT2D eigenvalue weighted by atomic mass is 35.5. The molecule has 122 valence electrons. The fourth-order valence-corrected chi connectivity index (χ4v) is 2.78. The van der Waals surface area contributed by atoms with Gasteiger partial charge in [-0.05, 0) is 44.4 Å². The maximum atomic E-state index is 11.5.